The van der Waals surface area contributed by atoms with Crippen molar-refractivity contribution in [2.75, 3.05) is 11.9 Å². The predicted octanol–water partition coefficient (Wildman–Crippen LogP) is 2.19. The van der Waals surface area contributed by atoms with Crippen molar-refractivity contribution in [2.45, 2.75) is 6.92 Å². The fourth-order valence-corrected chi connectivity index (χ4v) is 1.49. The molecule has 0 bridgehead atoms. The lowest BCUT2D eigenvalue weighted by Gasteiger charge is -2.01. The van der Waals surface area contributed by atoms with E-state index in [1.54, 1.807) is 13.0 Å². The Hall–Kier alpha value is -2.30. The van der Waals surface area contributed by atoms with E-state index in [0.717, 1.165) is 22.9 Å². The summed E-state index contributed by atoms with van der Waals surface area (Å²) >= 11 is 0. The number of carbonyl (C=O) groups is 1. The fraction of sp³-hybridized carbons (Fsp3) is 0.167. The van der Waals surface area contributed by atoms with Crippen molar-refractivity contribution >= 4 is 22.8 Å². The Balaban J connectivity index is 2.06. The van der Waals surface area contributed by atoms with Crippen molar-refractivity contribution in [3.63, 3.8) is 0 Å². The molecule has 0 fully saturated rings. The van der Waals surface area contributed by atoms with E-state index >= 15 is 0 Å². The maximum absolute atomic E-state index is 10.3. The van der Waals surface area contributed by atoms with Crippen LogP contribution in [0.2, 0.25) is 0 Å². The van der Waals surface area contributed by atoms with Crippen LogP contribution in [0.25, 0.3) is 11.1 Å². The molecule has 0 spiro atoms. The first-order valence-electron chi connectivity index (χ1n) is 5.16. The zero-order valence-electron chi connectivity index (χ0n) is 9.30. The van der Waals surface area contributed by atoms with Crippen molar-refractivity contribution < 1.29 is 14.3 Å². The lowest BCUT2D eigenvalue weighted by molar-refractivity contribution is -0.131. The molecule has 0 saturated heterocycles. The molecule has 0 atom stereocenters. The number of hydrogen-bond acceptors (Lipinski definition) is 4. The van der Waals surface area contributed by atoms with E-state index in [0.29, 0.717) is 12.4 Å². The molecule has 2 rings (SSSR count). The van der Waals surface area contributed by atoms with Gasteiger partial charge in [-0.25, -0.2) is 9.78 Å². The summed E-state index contributed by atoms with van der Waals surface area (Å²) in [6, 6.07) is 5.56. The number of aromatic nitrogens is 1. The number of aliphatic carboxylic acids is 1. The minimum Gasteiger partial charge on any atom is -0.478 e. The van der Waals surface area contributed by atoms with Gasteiger partial charge in [-0.15, -0.1) is 0 Å². The first-order valence-corrected chi connectivity index (χ1v) is 5.16. The van der Waals surface area contributed by atoms with E-state index in [-0.39, 0.29) is 0 Å². The van der Waals surface area contributed by atoms with Gasteiger partial charge < -0.3 is 14.8 Å². The molecular formula is C12H12N2O3. The molecule has 5 nitrogen and oxygen atoms in total. The van der Waals surface area contributed by atoms with Gasteiger partial charge in [0.1, 0.15) is 5.52 Å². The summed E-state index contributed by atoms with van der Waals surface area (Å²) in [4.78, 5) is 14.5. The zero-order valence-corrected chi connectivity index (χ0v) is 9.30. The second-order valence-electron chi connectivity index (χ2n) is 3.54. The normalized spacial score (nSPS) is 11.1. The third kappa shape index (κ3) is 2.84. The molecule has 88 valence electrons. The minimum absolute atomic E-state index is 0.453. The summed E-state index contributed by atoms with van der Waals surface area (Å²) in [5.74, 6) is -0.322. The molecule has 0 radical (unpaired) electrons. The highest BCUT2D eigenvalue weighted by atomic mass is 16.4. The molecule has 0 unspecified atom stereocenters. The van der Waals surface area contributed by atoms with E-state index in [2.05, 4.69) is 10.3 Å². The minimum atomic E-state index is -0.950. The van der Waals surface area contributed by atoms with Crippen LogP contribution in [0.4, 0.5) is 5.69 Å². The number of anilines is 1. The summed E-state index contributed by atoms with van der Waals surface area (Å²) < 4.78 is 5.35. The highest BCUT2D eigenvalue weighted by Crippen LogP contribution is 2.19. The molecule has 2 N–H and O–H groups in total. The molecule has 0 saturated carbocycles. The molecule has 1 heterocycles. The highest BCUT2D eigenvalue weighted by molar-refractivity contribution is 5.80. The molecule has 1 aromatic carbocycles. The van der Waals surface area contributed by atoms with Crippen molar-refractivity contribution in [1.29, 1.82) is 0 Å². The van der Waals surface area contributed by atoms with Crippen molar-refractivity contribution in [3.8, 4) is 0 Å². The van der Waals surface area contributed by atoms with Gasteiger partial charge in [-0.05, 0) is 18.2 Å². The van der Waals surface area contributed by atoms with Crippen LogP contribution >= 0.6 is 0 Å². The van der Waals surface area contributed by atoms with E-state index in [1.807, 2.05) is 18.2 Å². The summed E-state index contributed by atoms with van der Waals surface area (Å²) in [6.07, 6.45) is 2.65. The Morgan fingerprint density at radius 1 is 1.59 bits per heavy atom. The van der Waals surface area contributed by atoms with Gasteiger partial charge in [-0.1, -0.05) is 6.08 Å². The van der Waals surface area contributed by atoms with Crippen LogP contribution in [0.1, 0.15) is 5.89 Å². The van der Waals surface area contributed by atoms with Crippen LogP contribution in [-0.4, -0.2) is 22.6 Å². The summed E-state index contributed by atoms with van der Waals surface area (Å²) in [6.45, 7) is 2.25. The highest BCUT2D eigenvalue weighted by Gasteiger charge is 2.02. The van der Waals surface area contributed by atoms with Crippen LogP contribution in [0.15, 0.2) is 34.8 Å². The third-order valence-electron chi connectivity index (χ3n) is 2.18. The summed E-state index contributed by atoms with van der Waals surface area (Å²) in [5, 5.41) is 11.5. The SMILES string of the molecule is Cc1nc2cc(NC/C=C/C(=O)O)ccc2o1. The number of carboxylic acids is 1. The van der Waals surface area contributed by atoms with Crippen LogP contribution in [0, 0.1) is 6.92 Å². The van der Waals surface area contributed by atoms with Crippen LogP contribution < -0.4 is 5.32 Å². The standard InChI is InChI=1S/C12H12N2O3/c1-8-14-10-7-9(4-5-11(10)17-8)13-6-2-3-12(15)16/h2-5,7,13H,6H2,1H3,(H,15,16)/b3-2+. The Kier molecular flexibility index (Phi) is 3.09. The van der Waals surface area contributed by atoms with E-state index < -0.39 is 5.97 Å². The summed E-state index contributed by atoms with van der Waals surface area (Å²) in [7, 11) is 0. The van der Waals surface area contributed by atoms with E-state index in [4.69, 9.17) is 9.52 Å². The maximum atomic E-state index is 10.3. The molecular weight excluding hydrogens is 220 g/mol. The van der Waals surface area contributed by atoms with Gasteiger partial charge in [-0.2, -0.15) is 0 Å². The molecule has 5 heteroatoms. The number of benzene rings is 1. The average molecular weight is 232 g/mol. The molecule has 1 aromatic heterocycles. The van der Waals surface area contributed by atoms with Gasteiger partial charge in [0, 0.05) is 25.2 Å². The van der Waals surface area contributed by atoms with Gasteiger partial charge in [0.2, 0.25) is 0 Å². The number of hydrogen-bond donors (Lipinski definition) is 2. The van der Waals surface area contributed by atoms with Crippen molar-refractivity contribution in [1.82, 2.24) is 4.98 Å². The van der Waals surface area contributed by atoms with Gasteiger partial charge in [0.05, 0.1) is 0 Å². The number of rotatable bonds is 4. The Morgan fingerprint density at radius 3 is 3.18 bits per heavy atom. The number of fused-ring (bicyclic) bond motifs is 1. The van der Waals surface area contributed by atoms with Gasteiger partial charge in [-0.3, -0.25) is 0 Å². The third-order valence-corrected chi connectivity index (χ3v) is 2.18. The molecule has 17 heavy (non-hydrogen) atoms. The number of nitrogens with zero attached hydrogens (tertiary/aromatic N) is 1. The number of aryl methyl sites for hydroxylation is 1. The number of nitrogens with one attached hydrogen (secondary N) is 1. The van der Waals surface area contributed by atoms with E-state index in [1.165, 1.54) is 0 Å². The molecule has 0 aliphatic heterocycles. The summed E-state index contributed by atoms with van der Waals surface area (Å²) in [5.41, 5.74) is 2.41. The van der Waals surface area contributed by atoms with Crippen LogP contribution in [0.3, 0.4) is 0 Å². The molecule has 0 aliphatic carbocycles. The first kappa shape index (κ1) is 11.2. The first-order chi connectivity index (χ1) is 8.15. The van der Waals surface area contributed by atoms with Crippen LogP contribution in [0.5, 0.6) is 0 Å². The largest absolute Gasteiger partial charge is 0.478 e. The Bertz CT molecular complexity index is 572. The quantitative estimate of drug-likeness (QED) is 0.790. The second kappa shape index (κ2) is 4.69. The zero-order chi connectivity index (χ0) is 12.3. The smallest absolute Gasteiger partial charge is 0.328 e. The second-order valence-corrected chi connectivity index (χ2v) is 3.54. The lowest BCUT2D eigenvalue weighted by Crippen LogP contribution is -1.99. The maximum Gasteiger partial charge on any atom is 0.328 e. The van der Waals surface area contributed by atoms with Gasteiger partial charge >= 0.3 is 5.97 Å². The van der Waals surface area contributed by atoms with E-state index in [9.17, 15) is 4.79 Å². The van der Waals surface area contributed by atoms with Crippen molar-refractivity contribution in [2.24, 2.45) is 0 Å². The molecule has 2 aromatic rings. The fourth-order valence-electron chi connectivity index (χ4n) is 1.49. The predicted molar refractivity (Wildman–Crippen MR) is 64.0 cm³/mol. The Labute approximate surface area is 97.8 Å². The monoisotopic (exact) mass is 232 g/mol. The lowest BCUT2D eigenvalue weighted by atomic mass is 10.3. The molecule has 0 aliphatic rings. The van der Waals surface area contributed by atoms with Crippen LogP contribution in [-0.2, 0) is 4.79 Å². The van der Waals surface area contributed by atoms with Gasteiger partial charge in [0.25, 0.3) is 0 Å². The van der Waals surface area contributed by atoms with Gasteiger partial charge in [0.15, 0.2) is 11.5 Å². The average Bonchev–Trinajstić information content (AvgIpc) is 2.63. The number of carboxylic acid groups (broad SMARTS) is 1. The van der Waals surface area contributed by atoms with Crippen molar-refractivity contribution in [3.05, 3.63) is 36.2 Å². The Morgan fingerprint density at radius 2 is 2.41 bits per heavy atom. The topological polar surface area (TPSA) is 75.4 Å². The molecule has 0 amide bonds. The number of oxazole rings is 1.